The summed E-state index contributed by atoms with van der Waals surface area (Å²) in [5.74, 6) is -0.173. The number of esters is 1. The van der Waals surface area contributed by atoms with Crippen molar-refractivity contribution in [2.75, 3.05) is 26.1 Å². The minimum absolute atomic E-state index is 0.212. The van der Waals surface area contributed by atoms with E-state index in [-0.39, 0.29) is 12.5 Å². The first-order chi connectivity index (χ1) is 17.6. The molecule has 0 aliphatic heterocycles. The number of nitrogens with one attached hydrogen (secondary N) is 1. The van der Waals surface area contributed by atoms with Gasteiger partial charge in [-0.15, -0.1) is 11.3 Å². The van der Waals surface area contributed by atoms with Crippen LogP contribution in [0.5, 0.6) is 11.5 Å². The van der Waals surface area contributed by atoms with Crippen molar-refractivity contribution in [3.63, 3.8) is 0 Å². The molecular weight excluding hydrogens is 474 g/mol. The van der Waals surface area contributed by atoms with E-state index in [4.69, 9.17) is 14.2 Å². The highest BCUT2D eigenvalue weighted by Crippen LogP contribution is 2.40. The third-order valence-corrected chi connectivity index (χ3v) is 6.63. The van der Waals surface area contributed by atoms with Crippen LogP contribution in [0.25, 0.3) is 11.1 Å². The highest BCUT2D eigenvalue weighted by molar-refractivity contribution is 7.15. The van der Waals surface area contributed by atoms with Crippen molar-refractivity contribution in [2.45, 2.75) is 12.8 Å². The zero-order chi connectivity index (χ0) is 25.5. The first-order valence-electron chi connectivity index (χ1n) is 11.5. The van der Waals surface area contributed by atoms with Gasteiger partial charge in [0.2, 0.25) is 5.91 Å². The molecule has 184 valence electrons. The van der Waals surface area contributed by atoms with Crippen molar-refractivity contribution in [3.8, 4) is 22.6 Å². The molecule has 0 saturated heterocycles. The van der Waals surface area contributed by atoms with Crippen LogP contribution >= 0.6 is 11.3 Å². The second kappa shape index (κ2) is 11.6. The highest BCUT2D eigenvalue weighted by atomic mass is 32.1. The van der Waals surface area contributed by atoms with Crippen LogP contribution in [0.15, 0.2) is 84.2 Å². The topological polar surface area (TPSA) is 73.9 Å². The van der Waals surface area contributed by atoms with Gasteiger partial charge in [0.25, 0.3) is 0 Å². The Kier molecular flexibility index (Phi) is 8.02. The van der Waals surface area contributed by atoms with Gasteiger partial charge in [-0.3, -0.25) is 4.79 Å². The van der Waals surface area contributed by atoms with Gasteiger partial charge >= 0.3 is 5.97 Å². The van der Waals surface area contributed by atoms with E-state index in [0.29, 0.717) is 27.6 Å². The van der Waals surface area contributed by atoms with Crippen LogP contribution in [0, 0.1) is 0 Å². The van der Waals surface area contributed by atoms with Crippen molar-refractivity contribution in [1.29, 1.82) is 0 Å². The van der Waals surface area contributed by atoms with Crippen LogP contribution < -0.4 is 14.8 Å². The van der Waals surface area contributed by atoms with Crippen LogP contribution in [-0.2, 0) is 9.53 Å². The number of thiophene rings is 1. The maximum Gasteiger partial charge on any atom is 0.341 e. The van der Waals surface area contributed by atoms with Crippen molar-refractivity contribution in [3.05, 3.63) is 101 Å². The molecule has 7 heteroatoms. The quantitative estimate of drug-likeness (QED) is 0.269. The van der Waals surface area contributed by atoms with Crippen molar-refractivity contribution >= 4 is 28.2 Å². The fraction of sp³-hybridized carbons (Fsp3) is 0.172. The largest absolute Gasteiger partial charge is 0.493 e. The molecule has 4 rings (SSSR count). The molecule has 0 saturated carbocycles. The number of methoxy groups -OCH3 is 2. The summed E-state index contributed by atoms with van der Waals surface area (Å²) in [7, 11) is 3.12. The molecule has 1 N–H and O–H groups in total. The number of hydrogen-bond donors (Lipinski definition) is 1. The monoisotopic (exact) mass is 501 g/mol. The van der Waals surface area contributed by atoms with Crippen molar-refractivity contribution < 1.29 is 23.8 Å². The fourth-order valence-corrected chi connectivity index (χ4v) is 5.00. The van der Waals surface area contributed by atoms with Crippen LogP contribution in [-0.4, -0.2) is 32.7 Å². The van der Waals surface area contributed by atoms with E-state index in [2.05, 4.69) is 5.32 Å². The average Bonchev–Trinajstić information content (AvgIpc) is 3.33. The second-order valence-corrected chi connectivity index (χ2v) is 8.77. The lowest BCUT2D eigenvalue weighted by molar-refractivity contribution is -0.116. The Morgan fingerprint density at radius 3 is 2.03 bits per heavy atom. The molecule has 4 aromatic rings. The summed E-state index contributed by atoms with van der Waals surface area (Å²) in [6.07, 6.45) is 0. The smallest absolute Gasteiger partial charge is 0.341 e. The molecule has 0 aliphatic carbocycles. The molecule has 1 amide bonds. The molecule has 0 atom stereocenters. The summed E-state index contributed by atoms with van der Waals surface area (Å²) in [6, 6.07) is 24.6. The molecule has 0 unspecified atom stereocenters. The molecular formula is C29H27NO5S. The van der Waals surface area contributed by atoms with Crippen LogP contribution in [0.4, 0.5) is 5.00 Å². The Bertz CT molecular complexity index is 1300. The summed E-state index contributed by atoms with van der Waals surface area (Å²) in [5.41, 5.74) is 3.41. The van der Waals surface area contributed by atoms with Gasteiger partial charge in [0.05, 0.1) is 26.7 Å². The molecule has 0 bridgehead atoms. The lowest BCUT2D eigenvalue weighted by Crippen LogP contribution is -2.23. The van der Waals surface area contributed by atoms with Gasteiger partial charge in [-0.25, -0.2) is 4.79 Å². The number of carbonyl (C=O) groups excluding carboxylic acids is 2. The van der Waals surface area contributed by atoms with E-state index in [1.165, 1.54) is 11.3 Å². The first kappa shape index (κ1) is 25.0. The maximum atomic E-state index is 13.7. The predicted octanol–water partition coefficient (Wildman–Crippen LogP) is 6.38. The average molecular weight is 502 g/mol. The summed E-state index contributed by atoms with van der Waals surface area (Å²) in [5, 5.41) is 5.28. The second-order valence-electron chi connectivity index (χ2n) is 7.89. The molecule has 6 nitrogen and oxygen atoms in total. The van der Waals surface area contributed by atoms with Gasteiger partial charge in [-0.05, 0) is 35.7 Å². The lowest BCUT2D eigenvalue weighted by Gasteiger charge is -2.18. The third kappa shape index (κ3) is 5.26. The van der Waals surface area contributed by atoms with E-state index in [0.717, 1.165) is 16.7 Å². The van der Waals surface area contributed by atoms with Gasteiger partial charge < -0.3 is 19.5 Å². The van der Waals surface area contributed by atoms with Gasteiger partial charge in [0.15, 0.2) is 11.5 Å². The fourth-order valence-electron chi connectivity index (χ4n) is 4.04. The minimum atomic E-state index is -0.547. The summed E-state index contributed by atoms with van der Waals surface area (Å²) in [4.78, 5) is 26.7. The number of amides is 1. The van der Waals surface area contributed by atoms with E-state index in [1.807, 2.05) is 72.1 Å². The summed E-state index contributed by atoms with van der Waals surface area (Å²) < 4.78 is 16.1. The normalized spacial score (nSPS) is 10.7. The van der Waals surface area contributed by atoms with E-state index < -0.39 is 11.9 Å². The SMILES string of the molecule is CCOC(=O)c1c(-c2ccc(OC)c(OC)c2)csc1NC(=O)C(c1ccccc1)c1ccccc1. The zero-order valence-corrected chi connectivity index (χ0v) is 21.1. The Balaban J connectivity index is 1.75. The first-order valence-corrected chi connectivity index (χ1v) is 12.4. The molecule has 0 spiro atoms. The molecule has 1 heterocycles. The Hall–Kier alpha value is -4.10. The standard InChI is InChI=1S/C29H27NO5S/c1-4-35-29(32)26-22(21-15-16-23(33-2)24(17-21)34-3)18-36-28(26)30-27(31)25(19-11-7-5-8-12-19)20-13-9-6-10-14-20/h5-18,25H,4H2,1-3H3,(H,30,31). The molecule has 3 aromatic carbocycles. The van der Waals surface area contributed by atoms with Crippen LogP contribution in [0.1, 0.15) is 34.3 Å². The van der Waals surface area contributed by atoms with E-state index in [9.17, 15) is 9.59 Å². The molecule has 36 heavy (non-hydrogen) atoms. The number of benzene rings is 3. The zero-order valence-electron chi connectivity index (χ0n) is 20.3. The Morgan fingerprint density at radius 2 is 1.47 bits per heavy atom. The van der Waals surface area contributed by atoms with Crippen LogP contribution in [0.2, 0.25) is 0 Å². The Morgan fingerprint density at radius 1 is 0.861 bits per heavy atom. The number of carbonyl (C=O) groups is 2. The van der Waals surface area contributed by atoms with Gasteiger partial charge in [-0.1, -0.05) is 66.7 Å². The lowest BCUT2D eigenvalue weighted by atomic mass is 9.90. The van der Waals surface area contributed by atoms with Crippen molar-refractivity contribution in [1.82, 2.24) is 0 Å². The summed E-state index contributed by atoms with van der Waals surface area (Å²) >= 11 is 1.28. The summed E-state index contributed by atoms with van der Waals surface area (Å²) in [6.45, 7) is 1.96. The number of hydrogen-bond acceptors (Lipinski definition) is 6. The third-order valence-electron chi connectivity index (χ3n) is 5.73. The Labute approximate surface area is 214 Å². The number of rotatable bonds is 9. The molecule has 1 aromatic heterocycles. The maximum absolute atomic E-state index is 13.7. The van der Waals surface area contributed by atoms with E-state index in [1.54, 1.807) is 33.3 Å². The molecule has 0 aliphatic rings. The minimum Gasteiger partial charge on any atom is -0.493 e. The van der Waals surface area contributed by atoms with Crippen molar-refractivity contribution in [2.24, 2.45) is 0 Å². The predicted molar refractivity (Wildman–Crippen MR) is 142 cm³/mol. The van der Waals surface area contributed by atoms with Gasteiger partial charge in [-0.2, -0.15) is 0 Å². The van der Waals surface area contributed by atoms with Gasteiger partial charge in [0, 0.05) is 10.9 Å². The van der Waals surface area contributed by atoms with Gasteiger partial charge in [0.1, 0.15) is 10.6 Å². The molecule has 0 fully saturated rings. The number of anilines is 1. The molecule has 0 radical (unpaired) electrons. The highest BCUT2D eigenvalue weighted by Gasteiger charge is 2.27. The van der Waals surface area contributed by atoms with E-state index >= 15 is 0 Å². The van der Waals surface area contributed by atoms with Crippen LogP contribution in [0.3, 0.4) is 0 Å². The number of ether oxygens (including phenoxy) is 3.